The molecule has 1 N–H and O–H groups in total. The Morgan fingerprint density at radius 3 is 2.60 bits per heavy atom. The maximum atomic E-state index is 11.0. The number of nitrogens with one attached hydrogen (secondary N) is 1. The maximum absolute atomic E-state index is 11.0. The van der Waals surface area contributed by atoms with Gasteiger partial charge < -0.3 is 10.2 Å². The highest BCUT2D eigenvalue weighted by atomic mass is 16.1. The standard InChI is InChI=1S/C17H18N2O/c1-13(20)18-15-8-10-16(11-9-15)19-12-4-6-14-5-2-3-7-17(14)19/h2-3,5,7-11H,4,6,12H2,1H3,(H,18,20). The second kappa shape index (κ2) is 5.37. The lowest BCUT2D eigenvalue weighted by Gasteiger charge is -2.31. The lowest BCUT2D eigenvalue weighted by atomic mass is 10.0. The Labute approximate surface area is 119 Å². The van der Waals surface area contributed by atoms with Crippen molar-refractivity contribution in [1.82, 2.24) is 0 Å². The molecule has 1 heterocycles. The van der Waals surface area contributed by atoms with E-state index in [1.807, 2.05) is 12.1 Å². The summed E-state index contributed by atoms with van der Waals surface area (Å²) in [6.45, 7) is 2.56. The molecule has 1 aliphatic rings. The van der Waals surface area contributed by atoms with E-state index < -0.39 is 0 Å². The molecule has 20 heavy (non-hydrogen) atoms. The Bertz CT molecular complexity index is 619. The number of fused-ring (bicyclic) bond motifs is 1. The molecule has 0 bridgehead atoms. The van der Waals surface area contributed by atoms with E-state index in [9.17, 15) is 4.79 Å². The van der Waals surface area contributed by atoms with Crippen molar-refractivity contribution in [2.75, 3.05) is 16.8 Å². The summed E-state index contributed by atoms with van der Waals surface area (Å²) >= 11 is 0. The number of amides is 1. The summed E-state index contributed by atoms with van der Waals surface area (Å²) in [4.78, 5) is 13.4. The molecule has 0 fully saturated rings. The first-order valence-corrected chi connectivity index (χ1v) is 6.97. The molecule has 0 spiro atoms. The summed E-state index contributed by atoms with van der Waals surface area (Å²) in [5.74, 6) is -0.0407. The zero-order chi connectivity index (χ0) is 13.9. The van der Waals surface area contributed by atoms with Gasteiger partial charge in [-0.1, -0.05) is 18.2 Å². The molecule has 1 aliphatic heterocycles. The van der Waals surface area contributed by atoms with E-state index in [2.05, 4.69) is 46.6 Å². The van der Waals surface area contributed by atoms with Crippen molar-refractivity contribution >= 4 is 23.0 Å². The van der Waals surface area contributed by atoms with Crippen LogP contribution in [0.2, 0.25) is 0 Å². The van der Waals surface area contributed by atoms with Crippen molar-refractivity contribution in [2.45, 2.75) is 19.8 Å². The molecule has 0 radical (unpaired) electrons. The highest BCUT2D eigenvalue weighted by Gasteiger charge is 2.17. The fraction of sp³-hybridized carbons (Fsp3) is 0.235. The van der Waals surface area contributed by atoms with Gasteiger partial charge in [0.2, 0.25) is 5.91 Å². The van der Waals surface area contributed by atoms with Crippen LogP contribution < -0.4 is 10.2 Å². The van der Waals surface area contributed by atoms with Crippen molar-refractivity contribution in [1.29, 1.82) is 0 Å². The number of hydrogen-bond acceptors (Lipinski definition) is 2. The van der Waals surface area contributed by atoms with E-state index in [0.29, 0.717) is 0 Å². The highest BCUT2D eigenvalue weighted by Crippen LogP contribution is 2.33. The second-order valence-electron chi connectivity index (χ2n) is 5.11. The van der Waals surface area contributed by atoms with Crippen LogP contribution in [0.3, 0.4) is 0 Å². The summed E-state index contributed by atoms with van der Waals surface area (Å²) < 4.78 is 0. The van der Waals surface area contributed by atoms with E-state index >= 15 is 0 Å². The van der Waals surface area contributed by atoms with Crippen LogP contribution in [0.25, 0.3) is 0 Å². The van der Waals surface area contributed by atoms with Gasteiger partial charge in [-0.2, -0.15) is 0 Å². The quantitative estimate of drug-likeness (QED) is 0.898. The molecule has 3 nitrogen and oxygen atoms in total. The molecular formula is C17H18N2O. The second-order valence-corrected chi connectivity index (χ2v) is 5.11. The van der Waals surface area contributed by atoms with Crippen molar-refractivity contribution in [2.24, 2.45) is 0 Å². The van der Waals surface area contributed by atoms with Crippen LogP contribution in [0.5, 0.6) is 0 Å². The number of carbonyl (C=O) groups is 1. The summed E-state index contributed by atoms with van der Waals surface area (Å²) in [5.41, 5.74) is 4.72. The van der Waals surface area contributed by atoms with Crippen LogP contribution in [-0.4, -0.2) is 12.5 Å². The molecule has 3 rings (SSSR count). The van der Waals surface area contributed by atoms with Gasteiger partial charge in [0.05, 0.1) is 0 Å². The van der Waals surface area contributed by atoms with Gasteiger partial charge in [0.25, 0.3) is 0 Å². The third-order valence-corrected chi connectivity index (χ3v) is 3.61. The van der Waals surface area contributed by atoms with Crippen molar-refractivity contribution in [3.63, 3.8) is 0 Å². The first-order chi connectivity index (χ1) is 9.74. The number of hydrogen-bond donors (Lipinski definition) is 1. The molecule has 0 aromatic heterocycles. The number of anilines is 3. The fourth-order valence-corrected chi connectivity index (χ4v) is 2.73. The molecule has 0 atom stereocenters. The predicted molar refractivity (Wildman–Crippen MR) is 82.5 cm³/mol. The number of para-hydroxylation sites is 1. The molecule has 1 amide bonds. The smallest absolute Gasteiger partial charge is 0.221 e. The number of benzene rings is 2. The molecule has 2 aromatic rings. The molecule has 0 unspecified atom stereocenters. The number of nitrogens with zero attached hydrogens (tertiary/aromatic N) is 1. The molecule has 2 aromatic carbocycles. The summed E-state index contributed by atoms with van der Waals surface area (Å²) in [7, 11) is 0. The van der Waals surface area contributed by atoms with Gasteiger partial charge in [0.15, 0.2) is 0 Å². The van der Waals surface area contributed by atoms with Crippen LogP contribution >= 0.6 is 0 Å². The molecule has 3 heteroatoms. The molecule has 102 valence electrons. The summed E-state index contributed by atoms with van der Waals surface area (Å²) in [6, 6.07) is 16.6. The normalized spacial score (nSPS) is 13.8. The highest BCUT2D eigenvalue weighted by molar-refractivity contribution is 5.89. The Morgan fingerprint density at radius 1 is 1.10 bits per heavy atom. The van der Waals surface area contributed by atoms with Gasteiger partial charge in [-0.05, 0) is 48.7 Å². The first kappa shape index (κ1) is 12.7. The largest absolute Gasteiger partial charge is 0.341 e. The van der Waals surface area contributed by atoms with Gasteiger partial charge in [-0.3, -0.25) is 4.79 Å². The van der Waals surface area contributed by atoms with E-state index in [1.54, 1.807) is 0 Å². The summed E-state index contributed by atoms with van der Waals surface area (Å²) in [6.07, 6.45) is 2.32. The Balaban J connectivity index is 1.88. The maximum Gasteiger partial charge on any atom is 0.221 e. The van der Waals surface area contributed by atoms with Crippen LogP contribution in [0.4, 0.5) is 17.1 Å². The number of carbonyl (C=O) groups excluding carboxylic acids is 1. The van der Waals surface area contributed by atoms with Crippen LogP contribution in [0.1, 0.15) is 18.9 Å². The SMILES string of the molecule is CC(=O)Nc1ccc(N2CCCc3ccccc32)cc1. The van der Waals surface area contributed by atoms with Crippen molar-refractivity contribution in [3.8, 4) is 0 Å². The minimum atomic E-state index is -0.0407. The molecule has 0 saturated heterocycles. The minimum Gasteiger partial charge on any atom is -0.341 e. The average molecular weight is 266 g/mol. The van der Waals surface area contributed by atoms with Gasteiger partial charge in [0.1, 0.15) is 0 Å². The van der Waals surface area contributed by atoms with E-state index in [0.717, 1.165) is 18.7 Å². The Kier molecular flexibility index (Phi) is 3.42. The number of rotatable bonds is 2. The lowest BCUT2D eigenvalue weighted by Crippen LogP contribution is -2.24. The van der Waals surface area contributed by atoms with Crippen molar-refractivity contribution in [3.05, 3.63) is 54.1 Å². The molecule has 0 aliphatic carbocycles. The van der Waals surface area contributed by atoms with Crippen LogP contribution in [0.15, 0.2) is 48.5 Å². The van der Waals surface area contributed by atoms with Gasteiger partial charge in [0, 0.05) is 30.5 Å². The average Bonchev–Trinajstić information content (AvgIpc) is 2.47. The van der Waals surface area contributed by atoms with E-state index in [-0.39, 0.29) is 5.91 Å². The third-order valence-electron chi connectivity index (χ3n) is 3.61. The third kappa shape index (κ3) is 2.52. The fourth-order valence-electron chi connectivity index (χ4n) is 2.73. The topological polar surface area (TPSA) is 32.3 Å². The first-order valence-electron chi connectivity index (χ1n) is 6.97. The Hall–Kier alpha value is -2.29. The number of aryl methyl sites for hydroxylation is 1. The lowest BCUT2D eigenvalue weighted by molar-refractivity contribution is -0.114. The van der Waals surface area contributed by atoms with Gasteiger partial charge >= 0.3 is 0 Å². The van der Waals surface area contributed by atoms with Gasteiger partial charge in [-0.15, -0.1) is 0 Å². The molecule has 0 saturated carbocycles. The molecular weight excluding hydrogens is 248 g/mol. The zero-order valence-corrected chi connectivity index (χ0v) is 11.6. The minimum absolute atomic E-state index is 0.0407. The summed E-state index contributed by atoms with van der Waals surface area (Å²) in [5, 5.41) is 2.80. The van der Waals surface area contributed by atoms with Crippen LogP contribution in [-0.2, 0) is 11.2 Å². The van der Waals surface area contributed by atoms with E-state index in [4.69, 9.17) is 0 Å². The van der Waals surface area contributed by atoms with E-state index in [1.165, 1.54) is 30.3 Å². The van der Waals surface area contributed by atoms with Gasteiger partial charge in [-0.25, -0.2) is 0 Å². The van der Waals surface area contributed by atoms with Crippen molar-refractivity contribution < 1.29 is 4.79 Å². The zero-order valence-electron chi connectivity index (χ0n) is 11.6. The Morgan fingerprint density at radius 2 is 1.85 bits per heavy atom. The predicted octanol–water partition coefficient (Wildman–Crippen LogP) is 3.73. The van der Waals surface area contributed by atoms with Crippen LogP contribution in [0, 0.1) is 0 Å². The monoisotopic (exact) mass is 266 g/mol.